The van der Waals surface area contributed by atoms with E-state index < -0.39 is 46.5 Å². The van der Waals surface area contributed by atoms with E-state index in [0.717, 1.165) is 11.1 Å². The van der Waals surface area contributed by atoms with Crippen molar-refractivity contribution in [2.24, 2.45) is 0 Å². The van der Waals surface area contributed by atoms with Crippen LogP contribution in [0.4, 0.5) is 37.8 Å². The van der Waals surface area contributed by atoms with Crippen molar-refractivity contribution in [2.45, 2.75) is 44.6 Å². The van der Waals surface area contributed by atoms with Crippen LogP contribution < -0.4 is 9.80 Å². The van der Waals surface area contributed by atoms with E-state index in [1.807, 2.05) is 36.1 Å². The number of rotatable bonds is 6. The van der Waals surface area contributed by atoms with Crippen LogP contribution in [-0.4, -0.2) is 55.5 Å². The lowest BCUT2D eigenvalue weighted by Gasteiger charge is -2.34. The third kappa shape index (κ3) is 6.39. The van der Waals surface area contributed by atoms with Gasteiger partial charge in [0.2, 0.25) is 5.91 Å². The normalized spacial score (nSPS) is 16.5. The number of anilines is 2. The van der Waals surface area contributed by atoms with Crippen molar-refractivity contribution in [3.8, 4) is 11.1 Å². The zero-order valence-corrected chi connectivity index (χ0v) is 23.5. The van der Waals surface area contributed by atoms with E-state index in [2.05, 4.69) is 4.98 Å². The largest absolute Gasteiger partial charge is 0.416 e. The molecule has 0 radical (unpaired) electrons. The number of hydrogen-bond acceptors (Lipinski definition) is 5. The fraction of sp³-hybridized carbons (Fsp3) is 0.400. The second-order valence-corrected chi connectivity index (χ2v) is 10.8. The molecule has 1 aliphatic rings. The maximum absolute atomic E-state index is 13.9. The molecular weight excluding hydrogens is 564 g/mol. The third-order valence-electron chi connectivity index (χ3n) is 7.48. The van der Waals surface area contributed by atoms with Crippen molar-refractivity contribution < 1.29 is 41.0 Å². The maximum Gasteiger partial charge on any atom is 0.416 e. The van der Waals surface area contributed by atoms with Crippen molar-refractivity contribution in [2.75, 3.05) is 43.2 Å². The number of carbonyl (C=O) groups is 1. The molecule has 226 valence electrons. The molecular formula is C30H31F6N3O3. The van der Waals surface area contributed by atoms with Crippen LogP contribution in [0.3, 0.4) is 0 Å². The highest BCUT2D eigenvalue weighted by Crippen LogP contribution is 2.41. The number of amides is 1. The first kappa shape index (κ1) is 31.3. The summed E-state index contributed by atoms with van der Waals surface area (Å²) in [6, 6.07) is 10.4. The number of aromatic nitrogens is 1. The van der Waals surface area contributed by atoms with Crippen molar-refractivity contribution in [1.29, 1.82) is 0 Å². The number of alkyl halides is 6. The van der Waals surface area contributed by atoms with Crippen molar-refractivity contribution in [3.63, 3.8) is 0 Å². The molecule has 0 saturated carbocycles. The van der Waals surface area contributed by atoms with Crippen LogP contribution >= 0.6 is 0 Å². The summed E-state index contributed by atoms with van der Waals surface area (Å²) in [5, 5.41) is 9.56. The Balaban J connectivity index is 1.80. The molecule has 1 N–H and O–H groups in total. The summed E-state index contributed by atoms with van der Waals surface area (Å²) < 4.78 is 86.9. The van der Waals surface area contributed by atoms with Gasteiger partial charge in [0.1, 0.15) is 5.82 Å². The van der Waals surface area contributed by atoms with E-state index in [4.69, 9.17) is 4.74 Å². The van der Waals surface area contributed by atoms with Gasteiger partial charge in [0, 0.05) is 25.7 Å². The van der Waals surface area contributed by atoms with Crippen LogP contribution in [0.5, 0.6) is 0 Å². The molecule has 42 heavy (non-hydrogen) atoms. The third-order valence-corrected chi connectivity index (χ3v) is 7.48. The fourth-order valence-corrected chi connectivity index (χ4v) is 4.97. The van der Waals surface area contributed by atoms with Gasteiger partial charge in [-0.3, -0.25) is 4.79 Å². The number of aliphatic hydroxyl groups excluding tert-OH is 1. The Morgan fingerprint density at radius 1 is 1.00 bits per heavy atom. The lowest BCUT2D eigenvalue weighted by atomic mass is 9.81. The molecule has 12 heteroatoms. The second-order valence-electron chi connectivity index (χ2n) is 10.8. The van der Waals surface area contributed by atoms with E-state index in [1.54, 1.807) is 6.07 Å². The SMILES string of the molecule is Cc1ccccc1-c1cc(N2CCOC(CO)C2)ncc1N(C)C(=O)C(C)(C)c1cc(C(F)(F)F)cc(C(F)(F)F)c1. The Hall–Kier alpha value is -3.64. The molecule has 2 aromatic carbocycles. The predicted molar refractivity (Wildman–Crippen MR) is 146 cm³/mol. The first-order chi connectivity index (χ1) is 19.5. The van der Waals surface area contributed by atoms with Gasteiger partial charge in [-0.05, 0) is 61.7 Å². The second kappa shape index (κ2) is 11.6. The number of morpholine rings is 1. The number of aryl methyl sites for hydroxylation is 1. The summed E-state index contributed by atoms with van der Waals surface area (Å²) in [4.78, 5) is 21.6. The highest BCUT2D eigenvalue weighted by molar-refractivity contribution is 6.03. The summed E-state index contributed by atoms with van der Waals surface area (Å²) in [5.41, 5.74) is -2.64. The van der Waals surface area contributed by atoms with Gasteiger partial charge in [-0.2, -0.15) is 26.3 Å². The average Bonchev–Trinajstić information content (AvgIpc) is 2.95. The fourth-order valence-electron chi connectivity index (χ4n) is 4.97. The first-order valence-corrected chi connectivity index (χ1v) is 13.2. The standard InChI is InChI=1S/C30H31F6N3O3/c1-18-7-5-6-8-23(18)24-14-26(39-9-10-42-22(16-39)17-40)37-15-25(24)38(4)27(41)28(2,3)19-11-20(29(31,32)33)13-21(12-19)30(34,35)36/h5-8,11-15,22,40H,9-10,16-17H2,1-4H3. The Morgan fingerprint density at radius 2 is 1.60 bits per heavy atom. The molecule has 6 nitrogen and oxygen atoms in total. The van der Waals surface area contributed by atoms with Crippen molar-refractivity contribution in [3.05, 3.63) is 77.0 Å². The van der Waals surface area contributed by atoms with E-state index in [1.165, 1.54) is 32.0 Å². The molecule has 0 aliphatic carbocycles. The van der Waals surface area contributed by atoms with Gasteiger partial charge >= 0.3 is 12.4 Å². The highest BCUT2D eigenvalue weighted by atomic mass is 19.4. The first-order valence-electron chi connectivity index (χ1n) is 13.2. The number of nitrogens with zero attached hydrogens (tertiary/aromatic N) is 3. The van der Waals surface area contributed by atoms with E-state index in [9.17, 15) is 36.2 Å². The van der Waals surface area contributed by atoms with Crippen LogP contribution in [-0.2, 0) is 27.3 Å². The quantitative estimate of drug-likeness (QED) is 0.342. The van der Waals surface area contributed by atoms with Crippen LogP contribution in [0.15, 0.2) is 54.7 Å². The maximum atomic E-state index is 13.9. The number of aliphatic hydroxyl groups is 1. The Labute approximate surface area is 239 Å². The molecule has 1 saturated heterocycles. The lowest BCUT2D eigenvalue weighted by molar-refractivity contribution is -0.143. The Kier molecular flexibility index (Phi) is 8.62. The zero-order chi connectivity index (χ0) is 31.0. The van der Waals surface area contributed by atoms with E-state index >= 15 is 0 Å². The molecule has 1 aromatic heterocycles. The van der Waals surface area contributed by atoms with Crippen molar-refractivity contribution >= 4 is 17.4 Å². The van der Waals surface area contributed by atoms with Gasteiger partial charge in [-0.15, -0.1) is 0 Å². The summed E-state index contributed by atoms with van der Waals surface area (Å²) >= 11 is 0. The van der Waals surface area contributed by atoms with Gasteiger partial charge in [0.25, 0.3) is 0 Å². The lowest BCUT2D eigenvalue weighted by Crippen LogP contribution is -2.44. The molecule has 1 unspecified atom stereocenters. The summed E-state index contributed by atoms with van der Waals surface area (Å²) in [5.74, 6) is -0.169. The van der Waals surface area contributed by atoms with Gasteiger partial charge in [-0.25, -0.2) is 4.98 Å². The minimum atomic E-state index is -5.05. The van der Waals surface area contributed by atoms with E-state index in [-0.39, 0.29) is 12.7 Å². The van der Waals surface area contributed by atoms with Crippen LogP contribution in [0.1, 0.15) is 36.1 Å². The van der Waals surface area contributed by atoms with Gasteiger partial charge in [-0.1, -0.05) is 24.3 Å². The summed E-state index contributed by atoms with van der Waals surface area (Å²) in [7, 11) is 1.41. The number of ether oxygens (including phenoxy) is 1. The molecule has 0 spiro atoms. The van der Waals surface area contributed by atoms with Gasteiger partial charge in [0.05, 0.1) is 47.7 Å². The highest BCUT2D eigenvalue weighted by Gasteiger charge is 2.41. The minimum absolute atomic E-state index is 0.0414. The number of pyridine rings is 1. The van der Waals surface area contributed by atoms with Gasteiger partial charge in [0.15, 0.2) is 0 Å². The number of likely N-dealkylation sites (N-methyl/N-ethyl adjacent to an activating group) is 1. The molecule has 2 heterocycles. The van der Waals surface area contributed by atoms with Crippen LogP contribution in [0.2, 0.25) is 0 Å². The molecule has 1 atom stereocenters. The average molecular weight is 596 g/mol. The molecule has 1 aliphatic heterocycles. The zero-order valence-electron chi connectivity index (χ0n) is 23.5. The van der Waals surface area contributed by atoms with E-state index in [0.29, 0.717) is 48.9 Å². The topological polar surface area (TPSA) is 65.9 Å². The number of halogens is 6. The number of hydrogen-bond donors (Lipinski definition) is 1. The van der Waals surface area contributed by atoms with Crippen molar-refractivity contribution in [1.82, 2.24) is 4.98 Å². The van der Waals surface area contributed by atoms with Gasteiger partial charge < -0.3 is 19.6 Å². The smallest absolute Gasteiger partial charge is 0.394 e. The summed E-state index contributed by atoms with van der Waals surface area (Å²) in [6.45, 7) is 5.56. The Bertz CT molecular complexity index is 1420. The van der Waals surface area contributed by atoms with Crippen LogP contribution in [0.25, 0.3) is 11.1 Å². The van der Waals surface area contributed by atoms with Crippen LogP contribution in [0, 0.1) is 6.92 Å². The molecule has 4 rings (SSSR count). The summed E-state index contributed by atoms with van der Waals surface area (Å²) in [6.07, 6.45) is -9.04. The monoisotopic (exact) mass is 595 g/mol. The Morgan fingerprint density at radius 3 is 2.17 bits per heavy atom. The molecule has 1 fully saturated rings. The molecule has 3 aromatic rings. The minimum Gasteiger partial charge on any atom is -0.394 e. The predicted octanol–water partition coefficient (Wildman–Crippen LogP) is 6.23. The molecule has 0 bridgehead atoms. The number of carbonyl (C=O) groups excluding carboxylic acids is 1. The number of benzene rings is 2. The molecule has 1 amide bonds.